The van der Waals surface area contributed by atoms with Crippen molar-refractivity contribution < 1.29 is 17.6 Å². The lowest BCUT2D eigenvalue weighted by molar-refractivity contribution is 0.0924. The number of amides is 1. The Bertz CT molecular complexity index is 580. The molecule has 1 amide bonds. The predicted octanol–water partition coefficient (Wildman–Crippen LogP) is 2.89. The number of hydrogen-bond donors (Lipinski definition) is 1. The van der Waals surface area contributed by atoms with Crippen molar-refractivity contribution in [2.75, 3.05) is 6.54 Å². The maximum atomic E-state index is 11.7. The van der Waals surface area contributed by atoms with Gasteiger partial charge in [0, 0.05) is 23.3 Å². The molecule has 2 rings (SSSR count). The van der Waals surface area contributed by atoms with Crippen molar-refractivity contribution in [1.82, 2.24) is 5.32 Å². The summed E-state index contributed by atoms with van der Waals surface area (Å²) >= 11 is 2.92. The standard InChI is InChI=1S/C11H13BrClNO4S/c12-10-9(19(13,16)17)6-8(18-10)11(15)14-5-1-2-7-3-4-7/h6-7H,1-5H2,(H,14,15). The van der Waals surface area contributed by atoms with Gasteiger partial charge in [-0.3, -0.25) is 4.79 Å². The zero-order valence-corrected chi connectivity index (χ0v) is 13.1. The van der Waals surface area contributed by atoms with Crippen molar-refractivity contribution >= 4 is 41.6 Å². The minimum Gasteiger partial charge on any atom is -0.443 e. The third-order valence-corrected chi connectivity index (χ3v) is 5.09. The summed E-state index contributed by atoms with van der Waals surface area (Å²) in [7, 11) is 1.28. The van der Waals surface area contributed by atoms with E-state index in [0.717, 1.165) is 24.8 Å². The van der Waals surface area contributed by atoms with Crippen LogP contribution in [0.2, 0.25) is 0 Å². The monoisotopic (exact) mass is 369 g/mol. The molecular formula is C11H13BrClNO4S. The largest absolute Gasteiger partial charge is 0.443 e. The number of halogens is 2. The molecule has 1 fully saturated rings. The van der Waals surface area contributed by atoms with Crippen LogP contribution in [-0.4, -0.2) is 20.9 Å². The van der Waals surface area contributed by atoms with Gasteiger partial charge >= 0.3 is 0 Å². The van der Waals surface area contributed by atoms with E-state index in [0.29, 0.717) is 6.54 Å². The van der Waals surface area contributed by atoms with Crippen molar-refractivity contribution in [1.29, 1.82) is 0 Å². The molecule has 0 atom stereocenters. The van der Waals surface area contributed by atoms with Crippen LogP contribution in [0.4, 0.5) is 0 Å². The van der Waals surface area contributed by atoms with E-state index in [1.807, 2.05) is 0 Å². The highest BCUT2D eigenvalue weighted by atomic mass is 79.9. The maximum Gasteiger partial charge on any atom is 0.287 e. The third kappa shape index (κ3) is 4.22. The summed E-state index contributed by atoms with van der Waals surface area (Å²) in [6.45, 7) is 0.552. The van der Waals surface area contributed by atoms with Crippen LogP contribution in [-0.2, 0) is 9.05 Å². The molecule has 1 N–H and O–H groups in total. The molecule has 106 valence electrons. The first kappa shape index (κ1) is 14.9. The molecule has 19 heavy (non-hydrogen) atoms. The number of carbonyl (C=O) groups is 1. The first-order chi connectivity index (χ1) is 8.88. The van der Waals surface area contributed by atoms with Crippen LogP contribution in [0.5, 0.6) is 0 Å². The zero-order valence-electron chi connectivity index (χ0n) is 9.99. The molecule has 1 aromatic heterocycles. The van der Waals surface area contributed by atoms with Crippen LogP contribution in [0.15, 0.2) is 20.0 Å². The van der Waals surface area contributed by atoms with Crippen LogP contribution < -0.4 is 5.32 Å². The van der Waals surface area contributed by atoms with Crippen molar-refractivity contribution in [3.8, 4) is 0 Å². The third-order valence-electron chi connectivity index (χ3n) is 2.91. The molecule has 1 aromatic rings. The second-order valence-electron chi connectivity index (χ2n) is 4.53. The molecule has 0 bridgehead atoms. The molecule has 0 spiro atoms. The Kier molecular flexibility index (Phi) is 4.58. The highest BCUT2D eigenvalue weighted by Crippen LogP contribution is 2.33. The number of rotatable bonds is 6. The van der Waals surface area contributed by atoms with E-state index in [4.69, 9.17) is 15.1 Å². The van der Waals surface area contributed by atoms with Crippen molar-refractivity contribution in [2.24, 2.45) is 5.92 Å². The molecule has 0 unspecified atom stereocenters. The van der Waals surface area contributed by atoms with Gasteiger partial charge in [0.2, 0.25) is 0 Å². The maximum absolute atomic E-state index is 11.7. The Morgan fingerprint density at radius 1 is 1.53 bits per heavy atom. The number of nitrogens with one attached hydrogen (secondary N) is 1. The molecule has 0 saturated heterocycles. The lowest BCUT2D eigenvalue weighted by atomic mass is 10.2. The predicted molar refractivity (Wildman–Crippen MR) is 73.7 cm³/mol. The molecule has 1 aliphatic rings. The van der Waals surface area contributed by atoms with Crippen molar-refractivity contribution in [3.63, 3.8) is 0 Å². The average Bonchev–Trinajstić information content (AvgIpc) is 3.04. The van der Waals surface area contributed by atoms with Crippen LogP contribution >= 0.6 is 26.6 Å². The highest BCUT2D eigenvalue weighted by molar-refractivity contribution is 9.10. The Morgan fingerprint density at radius 2 is 2.21 bits per heavy atom. The minimum atomic E-state index is -3.92. The van der Waals surface area contributed by atoms with E-state index < -0.39 is 15.0 Å². The number of carbonyl (C=O) groups excluding carboxylic acids is 1. The summed E-state index contributed by atoms with van der Waals surface area (Å²) in [4.78, 5) is 11.5. The first-order valence-corrected chi connectivity index (χ1v) is 9.00. The van der Waals surface area contributed by atoms with Crippen LogP contribution in [0.25, 0.3) is 0 Å². The molecule has 1 aliphatic carbocycles. The van der Waals surface area contributed by atoms with Gasteiger partial charge in [0.15, 0.2) is 10.4 Å². The van der Waals surface area contributed by atoms with Gasteiger partial charge in [0.05, 0.1) is 0 Å². The van der Waals surface area contributed by atoms with Crippen molar-refractivity contribution in [2.45, 2.75) is 30.6 Å². The average molecular weight is 371 g/mol. The van der Waals surface area contributed by atoms with Crippen LogP contribution in [0, 0.1) is 5.92 Å². The van der Waals surface area contributed by atoms with E-state index in [1.165, 1.54) is 12.8 Å². The topological polar surface area (TPSA) is 76.4 Å². The molecule has 0 radical (unpaired) electrons. The molecule has 0 aliphatic heterocycles. The fraction of sp³-hybridized carbons (Fsp3) is 0.545. The molecule has 1 saturated carbocycles. The van der Waals surface area contributed by atoms with Crippen LogP contribution in [0.1, 0.15) is 36.2 Å². The molecule has 0 aromatic carbocycles. The summed E-state index contributed by atoms with van der Waals surface area (Å²) in [6.07, 6.45) is 4.61. The summed E-state index contributed by atoms with van der Waals surface area (Å²) in [5, 5.41) is 2.68. The summed E-state index contributed by atoms with van der Waals surface area (Å²) in [6, 6.07) is 1.11. The van der Waals surface area contributed by atoms with Crippen molar-refractivity contribution in [3.05, 3.63) is 16.5 Å². The fourth-order valence-corrected chi connectivity index (χ4v) is 3.75. The molecule has 8 heteroatoms. The summed E-state index contributed by atoms with van der Waals surface area (Å²) in [5.41, 5.74) is 0. The molecule has 5 nitrogen and oxygen atoms in total. The van der Waals surface area contributed by atoms with Crippen LogP contribution in [0.3, 0.4) is 0 Å². The minimum absolute atomic E-state index is 0.0642. The van der Waals surface area contributed by atoms with Gasteiger partial charge < -0.3 is 9.73 Å². The van der Waals surface area contributed by atoms with Gasteiger partial charge in [-0.2, -0.15) is 0 Å². The zero-order chi connectivity index (χ0) is 14.0. The second kappa shape index (κ2) is 5.85. The van der Waals surface area contributed by atoms with Gasteiger partial charge in [0.25, 0.3) is 15.0 Å². The van der Waals surface area contributed by atoms with E-state index in [9.17, 15) is 13.2 Å². The Hall–Kier alpha value is -0.530. The molecular weight excluding hydrogens is 358 g/mol. The van der Waals surface area contributed by atoms with Gasteiger partial charge in [-0.05, 0) is 34.7 Å². The van der Waals surface area contributed by atoms with Gasteiger partial charge in [-0.1, -0.05) is 12.8 Å². The first-order valence-electron chi connectivity index (χ1n) is 5.90. The van der Waals surface area contributed by atoms with E-state index in [2.05, 4.69) is 21.2 Å². The quantitative estimate of drug-likeness (QED) is 0.617. The SMILES string of the molecule is O=C(NCCCC1CC1)c1cc(S(=O)(=O)Cl)c(Br)o1. The lowest BCUT2D eigenvalue weighted by Gasteiger charge is -2.01. The Balaban J connectivity index is 1.91. The van der Waals surface area contributed by atoms with E-state index in [-0.39, 0.29) is 15.3 Å². The van der Waals surface area contributed by atoms with E-state index in [1.54, 1.807) is 0 Å². The smallest absolute Gasteiger partial charge is 0.287 e. The van der Waals surface area contributed by atoms with Gasteiger partial charge in [-0.25, -0.2) is 8.42 Å². The normalized spacial score (nSPS) is 15.5. The lowest BCUT2D eigenvalue weighted by Crippen LogP contribution is -2.24. The number of furan rings is 1. The van der Waals surface area contributed by atoms with E-state index >= 15 is 0 Å². The fourth-order valence-electron chi connectivity index (χ4n) is 1.72. The highest BCUT2D eigenvalue weighted by Gasteiger charge is 2.23. The van der Waals surface area contributed by atoms with Gasteiger partial charge in [0.1, 0.15) is 4.90 Å². The van der Waals surface area contributed by atoms with Gasteiger partial charge in [-0.15, -0.1) is 0 Å². The summed E-state index contributed by atoms with van der Waals surface area (Å²) < 4.78 is 27.3. The Morgan fingerprint density at radius 3 is 2.74 bits per heavy atom. The molecule has 1 heterocycles. The number of hydrogen-bond acceptors (Lipinski definition) is 4. The summed E-state index contributed by atoms with van der Waals surface area (Å²) in [5.74, 6) is 0.309. The second-order valence-corrected chi connectivity index (χ2v) is 7.78. The Labute approximate surface area is 124 Å².